The summed E-state index contributed by atoms with van der Waals surface area (Å²) in [5, 5.41) is 13.1. The van der Waals surface area contributed by atoms with Crippen molar-refractivity contribution in [3.8, 4) is 5.75 Å². The minimum absolute atomic E-state index is 0.0952. The zero-order valence-corrected chi connectivity index (χ0v) is 14.7. The summed E-state index contributed by atoms with van der Waals surface area (Å²) in [6, 6.07) is 17.4. The van der Waals surface area contributed by atoms with Gasteiger partial charge in [0.25, 0.3) is 5.69 Å². The fraction of sp³-hybridized carbons (Fsp3) is 0.111. The summed E-state index contributed by atoms with van der Waals surface area (Å²) in [6.45, 7) is 0.143. The summed E-state index contributed by atoms with van der Waals surface area (Å²) in [5.41, 5.74) is 0.831. The van der Waals surface area contributed by atoms with Crippen LogP contribution in [0.4, 0.5) is 11.4 Å². The molecule has 0 saturated carbocycles. The van der Waals surface area contributed by atoms with E-state index in [1.165, 1.54) is 18.2 Å². The molecule has 3 rings (SSSR count). The van der Waals surface area contributed by atoms with Crippen LogP contribution in [0.2, 0.25) is 0 Å². The van der Waals surface area contributed by atoms with E-state index < -0.39 is 14.9 Å². The molecule has 0 radical (unpaired) electrons. The molecule has 0 bridgehead atoms. The highest BCUT2D eigenvalue weighted by molar-refractivity contribution is 7.92. The Morgan fingerprint density at radius 3 is 2.46 bits per heavy atom. The third-order valence-electron chi connectivity index (χ3n) is 3.68. The highest BCUT2D eigenvalue weighted by Gasteiger charge is 2.15. The summed E-state index contributed by atoms with van der Waals surface area (Å²) < 4.78 is 31.0. The van der Waals surface area contributed by atoms with Crippen LogP contribution in [0, 0.1) is 10.1 Å². The SMILES string of the molecule is CS(=O)(=O)Nc1ccc([N+](=O)[O-])cc1OCc1ccc2ccccc2c1. The summed E-state index contributed by atoms with van der Waals surface area (Å²) in [6.07, 6.45) is 1.00. The number of ether oxygens (including phenoxy) is 1. The highest BCUT2D eigenvalue weighted by Crippen LogP contribution is 2.31. The fourth-order valence-corrected chi connectivity index (χ4v) is 3.09. The van der Waals surface area contributed by atoms with E-state index in [1.807, 2.05) is 42.5 Å². The maximum Gasteiger partial charge on any atom is 0.273 e. The van der Waals surface area contributed by atoms with Crippen molar-refractivity contribution in [1.82, 2.24) is 0 Å². The van der Waals surface area contributed by atoms with Gasteiger partial charge in [-0.2, -0.15) is 0 Å². The first-order valence-electron chi connectivity index (χ1n) is 7.68. The molecule has 8 heteroatoms. The lowest BCUT2D eigenvalue weighted by Crippen LogP contribution is -2.11. The Kier molecular flexibility index (Phi) is 4.77. The van der Waals surface area contributed by atoms with E-state index in [9.17, 15) is 18.5 Å². The molecule has 3 aromatic carbocycles. The fourth-order valence-electron chi connectivity index (χ4n) is 2.52. The monoisotopic (exact) mass is 372 g/mol. The second kappa shape index (κ2) is 7.01. The van der Waals surface area contributed by atoms with E-state index in [4.69, 9.17) is 4.74 Å². The molecule has 0 atom stereocenters. The Morgan fingerprint density at radius 1 is 1.04 bits per heavy atom. The summed E-state index contributed by atoms with van der Waals surface area (Å²) >= 11 is 0. The normalized spacial score (nSPS) is 11.3. The number of rotatable bonds is 6. The van der Waals surface area contributed by atoms with E-state index in [1.54, 1.807) is 0 Å². The predicted octanol–water partition coefficient (Wildman–Crippen LogP) is 3.70. The van der Waals surface area contributed by atoms with Gasteiger partial charge >= 0.3 is 0 Å². The van der Waals surface area contributed by atoms with Crippen LogP contribution in [0.1, 0.15) is 5.56 Å². The van der Waals surface area contributed by atoms with Crippen LogP contribution in [0.25, 0.3) is 10.8 Å². The van der Waals surface area contributed by atoms with Crippen molar-refractivity contribution < 1.29 is 18.1 Å². The lowest BCUT2D eigenvalue weighted by molar-refractivity contribution is -0.384. The van der Waals surface area contributed by atoms with E-state index in [0.717, 1.165) is 22.6 Å². The lowest BCUT2D eigenvalue weighted by Gasteiger charge is -2.12. The van der Waals surface area contributed by atoms with Gasteiger partial charge in [0.05, 0.1) is 22.9 Å². The highest BCUT2D eigenvalue weighted by atomic mass is 32.2. The number of non-ortho nitro benzene ring substituents is 1. The molecule has 0 saturated heterocycles. The van der Waals surface area contributed by atoms with Crippen molar-refractivity contribution in [2.75, 3.05) is 11.0 Å². The molecule has 0 aliphatic carbocycles. The maximum absolute atomic E-state index is 11.5. The lowest BCUT2D eigenvalue weighted by atomic mass is 10.1. The van der Waals surface area contributed by atoms with Crippen LogP contribution in [0.5, 0.6) is 5.75 Å². The average Bonchev–Trinajstić information content (AvgIpc) is 2.59. The molecule has 0 heterocycles. The summed E-state index contributed by atoms with van der Waals surface area (Å²) in [4.78, 5) is 10.4. The Morgan fingerprint density at radius 2 is 1.77 bits per heavy atom. The smallest absolute Gasteiger partial charge is 0.273 e. The molecule has 3 aromatic rings. The van der Waals surface area contributed by atoms with Gasteiger partial charge in [-0.15, -0.1) is 0 Å². The number of hydrogen-bond donors (Lipinski definition) is 1. The van der Waals surface area contributed by atoms with Gasteiger partial charge in [-0.25, -0.2) is 8.42 Å². The van der Waals surface area contributed by atoms with Crippen LogP contribution in [-0.4, -0.2) is 19.6 Å². The molecule has 134 valence electrons. The first-order chi connectivity index (χ1) is 12.3. The van der Waals surface area contributed by atoms with Crippen LogP contribution in [-0.2, 0) is 16.6 Å². The summed E-state index contributed by atoms with van der Waals surface area (Å²) in [7, 11) is -3.54. The van der Waals surface area contributed by atoms with Gasteiger partial charge in [0.2, 0.25) is 10.0 Å². The van der Waals surface area contributed by atoms with Gasteiger partial charge in [-0.05, 0) is 28.5 Å². The number of nitro groups is 1. The van der Waals surface area contributed by atoms with Gasteiger partial charge < -0.3 is 4.74 Å². The topological polar surface area (TPSA) is 98.5 Å². The molecule has 0 spiro atoms. The van der Waals surface area contributed by atoms with E-state index in [0.29, 0.717) is 0 Å². The number of nitrogens with one attached hydrogen (secondary N) is 1. The Hall–Kier alpha value is -3.13. The molecule has 26 heavy (non-hydrogen) atoms. The van der Waals surface area contributed by atoms with Gasteiger partial charge in [0, 0.05) is 6.07 Å². The Bertz CT molecular complexity index is 1080. The standard InChI is InChI=1S/C18H16N2O5S/c1-26(23,24)19-17-9-8-16(20(21)22)11-18(17)25-12-13-6-7-14-4-2-3-5-15(14)10-13/h2-11,19H,12H2,1H3. The molecule has 7 nitrogen and oxygen atoms in total. The maximum atomic E-state index is 11.5. The third-order valence-corrected chi connectivity index (χ3v) is 4.27. The van der Waals surface area contributed by atoms with Crippen molar-refractivity contribution in [2.45, 2.75) is 6.61 Å². The summed E-state index contributed by atoms with van der Waals surface area (Å²) in [5.74, 6) is 0.0952. The van der Waals surface area contributed by atoms with Crippen molar-refractivity contribution in [3.05, 3.63) is 76.3 Å². The Balaban J connectivity index is 1.88. The molecule has 0 aliphatic rings. The number of sulfonamides is 1. The molecule has 0 aromatic heterocycles. The van der Waals surface area contributed by atoms with Crippen molar-refractivity contribution in [2.24, 2.45) is 0 Å². The van der Waals surface area contributed by atoms with Gasteiger partial charge in [0.1, 0.15) is 6.61 Å². The minimum Gasteiger partial charge on any atom is -0.486 e. The predicted molar refractivity (Wildman–Crippen MR) is 99.8 cm³/mol. The van der Waals surface area contributed by atoms with Crippen molar-refractivity contribution >= 4 is 32.2 Å². The van der Waals surface area contributed by atoms with Crippen LogP contribution in [0.3, 0.4) is 0 Å². The minimum atomic E-state index is -3.54. The number of nitro benzene ring substituents is 1. The molecular weight excluding hydrogens is 356 g/mol. The molecule has 0 amide bonds. The second-order valence-corrected chi connectivity index (χ2v) is 7.53. The zero-order chi connectivity index (χ0) is 18.7. The van der Waals surface area contributed by atoms with E-state index >= 15 is 0 Å². The third kappa shape index (κ3) is 4.28. The van der Waals surface area contributed by atoms with E-state index in [-0.39, 0.29) is 23.7 Å². The number of hydrogen-bond acceptors (Lipinski definition) is 5. The first kappa shape index (κ1) is 17.7. The van der Waals surface area contributed by atoms with Gasteiger partial charge in [0.15, 0.2) is 5.75 Å². The van der Waals surface area contributed by atoms with Crippen LogP contribution in [0.15, 0.2) is 60.7 Å². The van der Waals surface area contributed by atoms with Crippen LogP contribution < -0.4 is 9.46 Å². The number of anilines is 1. The number of fused-ring (bicyclic) bond motifs is 1. The van der Waals surface area contributed by atoms with Gasteiger partial charge in [-0.1, -0.05) is 36.4 Å². The average molecular weight is 372 g/mol. The zero-order valence-electron chi connectivity index (χ0n) is 13.9. The molecule has 0 fully saturated rings. The molecule has 0 aliphatic heterocycles. The van der Waals surface area contributed by atoms with Crippen molar-refractivity contribution in [3.63, 3.8) is 0 Å². The van der Waals surface area contributed by atoms with Crippen molar-refractivity contribution in [1.29, 1.82) is 0 Å². The second-order valence-electron chi connectivity index (χ2n) is 5.78. The molecule has 0 unspecified atom stereocenters. The number of benzene rings is 3. The molecular formula is C18H16N2O5S. The van der Waals surface area contributed by atoms with E-state index in [2.05, 4.69) is 4.72 Å². The first-order valence-corrected chi connectivity index (χ1v) is 9.58. The molecule has 1 N–H and O–H groups in total. The Labute approximate surface area is 150 Å². The number of nitrogens with zero attached hydrogens (tertiary/aromatic N) is 1. The largest absolute Gasteiger partial charge is 0.486 e. The van der Waals surface area contributed by atoms with Gasteiger partial charge in [-0.3, -0.25) is 14.8 Å². The van der Waals surface area contributed by atoms with Crippen LogP contribution >= 0.6 is 0 Å². The quantitative estimate of drug-likeness (QED) is 0.525.